The minimum Gasteiger partial charge on any atom is -0.307 e. The third kappa shape index (κ3) is 5.58. The van der Waals surface area contributed by atoms with E-state index < -0.39 is 37.2 Å². The molecule has 8 nitrogen and oxygen atoms in total. The zero-order valence-corrected chi connectivity index (χ0v) is 13.7. The lowest BCUT2D eigenvalue weighted by atomic mass is 10.3. The maximum Gasteiger partial charge on any atom is 0.512 e. The third-order valence-corrected chi connectivity index (χ3v) is 5.49. The van der Waals surface area contributed by atoms with Gasteiger partial charge in [0.1, 0.15) is 11.6 Å². The first-order chi connectivity index (χ1) is 10.7. The Morgan fingerprint density at radius 1 is 1.25 bits per heavy atom. The van der Waals surface area contributed by atoms with Crippen molar-refractivity contribution >= 4 is 31.8 Å². The lowest BCUT2D eigenvalue weighted by Crippen LogP contribution is -2.40. The Kier molecular flexibility index (Phi) is 5.74. The number of alkyl halides is 3. The molecule has 1 heterocycles. The average molecular weight is 387 g/mol. The Hall–Kier alpha value is -1.99. The van der Waals surface area contributed by atoms with Crippen LogP contribution in [0.5, 0.6) is 0 Å². The fraction of sp³-hybridized carbons (Fsp3) is 0.273. The van der Waals surface area contributed by atoms with Crippen molar-refractivity contribution in [1.82, 2.24) is 9.11 Å². The van der Waals surface area contributed by atoms with E-state index in [1.54, 1.807) is 0 Å². The molecule has 0 radical (unpaired) electrons. The molecule has 0 saturated carbocycles. The lowest BCUT2D eigenvalue weighted by Gasteiger charge is -2.10. The summed E-state index contributed by atoms with van der Waals surface area (Å²) in [6.45, 7) is 4.79. The van der Waals surface area contributed by atoms with Crippen molar-refractivity contribution in [3.05, 3.63) is 36.0 Å². The van der Waals surface area contributed by atoms with Crippen LogP contribution in [0.3, 0.4) is 0 Å². The second-order valence-corrected chi connectivity index (χ2v) is 8.19. The molecule has 1 amide bonds. The molecule has 0 aromatic carbocycles. The predicted molar refractivity (Wildman–Crippen MR) is 78.4 cm³/mol. The highest BCUT2D eigenvalue weighted by atomic mass is 32.3. The van der Waals surface area contributed by atoms with Gasteiger partial charge in [-0.15, -0.1) is 4.13 Å². The smallest absolute Gasteiger partial charge is 0.307 e. The van der Waals surface area contributed by atoms with Crippen LogP contribution in [0.15, 0.2) is 30.4 Å². The zero-order valence-electron chi connectivity index (χ0n) is 12.1. The molecule has 0 saturated heterocycles. The van der Waals surface area contributed by atoms with Gasteiger partial charge in [-0.05, 0) is 19.1 Å². The number of sulfonamides is 2. The maximum atomic E-state index is 12.2. The largest absolute Gasteiger partial charge is 0.512 e. The van der Waals surface area contributed by atoms with Gasteiger partial charge >= 0.3 is 15.5 Å². The summed E-state index contributed by atoms with van der Waals surface area (Å²) in [7, 11) is -11.0. The van der Waals surface area contributed by atoms with E-state index in [2.05, 4.69) is 16.9 Å². The molecule has 0 fully saturated rings. The van der Waals surface area contributed by atoms with Crippen molar-refractivity contribution in [1.29, 1.82) is 0 Å². The van der Waals surface area contributed by atoms with Gasteiger partial charge in [0, 0.05) is 5.57 Å². The standard InChI is InChI=1S/C11H12F3N3O5S2/c1-7(2)10(18)16-9-5-3-4-8(15-9)6-23(19,20)17-24(21,22)11(12,13)14/h3-5,17H,1,6H2,2H3,(H,15,16,18). The predicted octanol–water partition coefficient (Wildman–Crippen LogP) is 0.865. The summed E-state index contributed by atoms with van der Waals surface area (Å²) in [5, 5.41) is 2.28. The molecule has 0 bridgehead atoms. The van der Waals surface area contributed by atoms with Gasteiger partial charge in [-0.3, -0.25) is 4.79 Å². The number of anilines is 1. The molecule has 0 aliphatic carbocycles. The number of pyridine rings is 1. The molecule has 13 heteroatoms. The Morgan fingerprint density at radius 2 is 1.83 bits per heavy atom. The second-order valence-electron chi connectivity index (χ2n) is 4.54. The Bertz CT molecular complexity index is 863. The van der Waals surface area contributed by atoms with E-state index in [4.69, 9.17) is 0 Å². The van der Waals surface area contributed by atoms with Gasteiger partial charge in [0.25, 0.3) is 5.91 Å². The number of amides is 1. The fourth-order valence-corrected chi connectivity index (χ4v) is 3.79. The van der Waals surface area contributed by atoms with Crippen molar-refractivity contribution in [2.75, 3.05) is 5.32 Å². The SMILES string of the molecule is C=C(C)C(=O)Nc1cccc(CS(=O)(=O)NS(=O)(=O)C(F)(F)F)n1. The van der Waals surface area contributed by atoms with Crippen LogP contribution in [-0.4, -0.2) is 33.2 Å². The monoisotopic (exact) mass is 387 g/mol. The van der Waals surface area contributed by atoms with E-state index in [1.165, 1.54) is 19.1 Å². The van der Waals surface area contributed by atoms with Crippen LogP contribution in [0.25, 0.3) is 0 Å². The van der Waals surface area contributed by atoms with Crippen molar-refractivity contribution in [3.63, 3.8) is 0 Å². The molecule has 0 aliphatic heterocycles. The van der Waals surface area contributed by atoms with Crippen LogP contribution in [0.4, 0.5) is 19.0 Å². The Labute approximate surface area is 135 Å². The zero-order chi connectivity index (χ0) is 18.8. The number of halogens is 3. The minimum atomic E-state index is -6.06. The number of carbonyl (C=O) groups excluding carboxylic acids is 1. The highest BCUT2D eigenvalue weighted by molar-refractivity contribution is 8.04. The first-order valence-electron chi connectivity index (χ1n) is 5.99. The van der Waals surface area contributed by atoms with Gasteiger partial charge in [-0.1, -0.05) is 12.6 Å². The van der Waals surface area contributed by atoms with Gasteiger partial charge < -0.3 is 5.32 Å². The normalized spacial score (nSPS) is 12.7. The molecule has 134 valence electrons. The van der Waals surface area contributed by atoms with Crippen LogP contribution in [0.2, 0.25) is 0 Å². The molecule has 24 heavy (non-hydrogen) atoms. The van der Waals surface area contributed by atoms with Crippen molar-refractivity contribution in [2.24, 2.45) is 0 Å². The van der Waals surface area contributed by atoms with Crippen molar-refractivity contribution < 1.29 is 34.8 Å². The number of rotatable bonds is 6. The third-order valence-electron chi connectivity index (χ3n) is 2.32. The Morgan fingerprint density at radius 3 is 2.33 bits per heavy atom. The van der Waals surface area contributed by atoms with Gasteiger partial charge in [0.05, 0.1) is 5.69 Å². The highest BCUT2D eigenvalue weighted by Gasteiger charge is 2.48. The molecular formula is C11H12F3N3O5S2. The highest BCUT2D eigenvalue weighted by Crippen LogP contribution is 2.22. The van der Waals surface area contributed by atoms with E-state index in [1.807, 2.05) is 0 Å². The summed E-state index contributed by atoms with van der Waals surface area (Å²) in [6.07, 6.45) is 0. The van der Waals surface area contributed by atoms with Gasteiger partial charge in [-0.2, -0.15) is 13.2 Å². The van der Waals surface area contributed by atoms with E-state index in [9.17, 15) is 34.8 Å². The molecule has 0 atom stereocenters. The van der Waals surface area contributed by atoms with Crippen LogP contribution in [0.1, 0.15) is 12.6 Å². The van der Waals surface area contributed by atoms with Crippen molar-refractivity contribution in [3.8, 4) is 0 Å². The first kappa shape index (κ1) is 20.1. The molecule has 0 spiro atoms. The quantitative estimate of drug-likeness (QED) is 0.698. The van der Waals surface area contributed by atoms with Crippen LogP contribution >= 0.6 is 0 Å². The summed E-state index contributed by atoms with van der Waals surface area (Å²) >= 11 is 0. The number of nitrogens with one attached hydrogen (secondary N) is 2. The van der Waals surface area contributed by atoms with Gasteiger partial charge in [0.15, 0.2) is 0 Å². The van der Waals surface area contributed by atoms with Crippen LogP contribution in [0, 0.1) is 0 Å². The number of hydrogen-bond acceptors (Lipinski definition) is 6. The molecule has 2 N–H and O–H groups in total. The fourth-order valence-electron chi connectivity index (χ4n) is 1.29. The maximum absolute atomic E-state index is 12.2. The summed E-state index contributed by atoms with van der Waals surface area (Å²) in [5.41, 5.74) is -5.91. The number of hydrogen-bond donors (Lipinski definition) is 2. The average Bonchev–Trinajstić information content (AvgIpc) is 2.35. The first-order valence-corrected chi connectivity index (χ1v) is 9.12. The topological polar surface area (TPSA) is 122 Å². The lowest BCUT2D eigenvalue weighted by molar-refractivity contribution is -0.112. The summed E-state index contributed by atoms with van der Waals surface area (Å²) in [6, 6.07) is 3.72. The number of nitrogens with zero attached hydrogens (tertiary/aromatic N) is 1. The minimum absolute atomic E-state index is 0.0746. The number of carbonyl (C=O) groups is 1. The van der Waals surface area contributed by atoms with E-state index >= 15 is 0 Å². The molecular weight excluding hydrogens is 375 g/mol. The van der Waals surface area contributed by atoms with E-state index in [0.717, 1.165) is 6.07 Å². The summed E-state index contributed by atoms with van der Waals surface area (Å²) < 4.78 is 82.0. The Balaban J connectivity index is 2.97. The molecule has 0 aliphatic rings. The molecule has 0 unspecified atom stereocenters. The molecule has 1 aromatic rings. The van der Waals surface area contributed by atoms with E-state index in [-0.39, 0.29) is 17.1 Å². The van der Waals surface area contributed by atoms with Crippen LogP contribution in [-0.2, 0) is 30.6 Å². The molecule has 1 rings (SSSR count). The second kappa shape index (κ2) is 6.86. The number of aromatic nitrogens is 1. The van der Waals surface area contributed by atoms with Gasteiger partial charge in [-0.25, -0.2) is 21.8 Å². The summed E-state index contributed by atoms with van der Waals surface area (Å²) in [4.78, 5) is 15.1. The van der Waals surface area contributed by atoms with E-state index in [0.29, 0.717) is 4.13 Å². The van der Waals surface area contributed by atoms with Crippen molar-refractivity contribution in [2.45, 2.75) is 18.2 Å². The summed E-state index contributed by atoms with van der Waals surface area (Å²) in [5.74, 6) is -1.81. The molecule has 1 aromatic heterocycles. The van der Waals surface area contributed by atoms with Crippen LogP contribution < -0.4 is 9.44 Å². The van der Waals surface area contributed by atoms with Gasteiger partial charge in [0.2, 0.25) is 10.0 Å².